The van der Waals surface area contributed by atoms with E-state index in [0.29, 0.717) is 5.69 Å². The molecule has 20 heavy (non-hydrogen) atoms. The van der Waals surface area contributed by atoms with Crippen molar-refractivity contribution in [3.63, 3.8) is 0 Å². The molecule has 4 nitrogen and oxygen atoms in total. The van der Waals surface area contributed by atoms with Crippen molar-refractivity contribution in [2.45, 2.75) is 32.9 Å². The Hall–Kier alpha value is -1.62. The minimum atomic E-state index is -0.680. The quantitative estimate of drug-likeness (QED) is 0.911. The number of nitrogens with zero attached hydrogens (tertiary/aromatic N) is 1. The van der Waals surface area contributed by atoms with Gasteiger partial charge in [0.25, 0.3) is 5.91 Å². The van der Waals surface area contributed by atoms with Gasteiger partial charge in [-0.25, -0.2) is 4.39 Å². The largest absolute Gasteiger partial charge is 0.342 e. The van der Waals surface area contributed by atoms with Crippen LogP contribution in [0.5, 0.6) is 0 Å². The number of piperazine rings is 1. The molecular weight excluding hydrogens is 283 g/mol. The summed E-state index contributed by atoms with van der Waals surface area (Å²) in [7, 11) is 0. The number of rotatable bonds is 2. The van der Waals surface area contributed by atoms with Crippen LogP contribution >= 0.6 is 11.6 Å². The van der Waals surface area contributed by atoms with Gasteiger partial charge < -0.3 is 5.32 Å². The summed E-state index contributed by atoms with van der Waals surface area (Å²) >= 11 is 6.00. The summed E-state index contributed by atoms with van der Waals surface area (Å²) in [5.74, 6) is -1.01. The van der Waals surface area contributed by atoms with Crippen LogP contribution < -0.4 is 10.2 Å². The van der Waals surface area contributed by atoms with Gasteiger partial charge in [0.2, 0.25) is 5.91 Å². The van der Waals surface area contributed by atoms with E-state index < -0.39 is 17.9 Å². The Balaban J connectivity index is 2.46. The Labute approximate surface area is 121 Å². The normalized spacial score (nSPS) is 23.2. The molecule has 1 fully saturated rings. The molecule has 0 aromatic heterocycles. The first-order valence-corrected chi connectivity index (χ1v) is 6.79. The van der Waals surface area contributed by atoms with E-state index in [0.717, 1.165) is 6.07 Å². The summed E-state index contributed by atoms with van der Waals surface area (Å²) in [6.07, 6.45) is 0. The molecule has 6 heteroatoms. The SMILES string of the molecule is CC(C)C1NC(=O)C(C)N(c2ccc(F)cc2Cl)C1=O. The van der Waals surface area contributed by atoms with Crippen molar-refractivity contribution in [2.75, 3.05) is 4.90 Å². The fourth-order valence-electron chi connectivity index (χ4n) is 2.25. The summed E-state index contributed by atoms with van der Waals surface area (Å²) in [5.41, 5.74) is 0.353. The molecule has 1 aromatic carbocycles. The predicted molar refractivity (Wildman–Crippen MR) is 75.1 cm³/mol. The molecular formula is C14H16ClFN2O2. The van der Waals surface area contributed by atoms with Gasteiger partial charge in [-0.05, 0) is 31.0 Å². The van der Waals surface area contributed by atoms with Crippen LogP contribution in [0.1, 0.15) is 20.8 Å². The number of hydrogen-bond acceptors (Lipinski definition) is 2. The highest BCUT2D eigenvalue weighted by atomic mass is 35.5. The minimum absolute atomic E-state index is 0.0410. The molecule has 108 valence electrons. The molecule has 0 aliphatic carbocycles. The number of carbonyl (C=O) groups excluding carboxylic acids is 2. The van der Waals surface area contributed by atoms with Crippen LogP contribution in [0.25, 0.3) is 0 Å². The Bertz CT molecular complexity index is 562. The van der Waals surface area contributed by atoms with Gasteiger partial charge in [-0.1, -0.05) is 25.4 Å². The maximum Gasteiger partial charge on any atom is 0.250 e. The van der Waals surface area contributed by atoms with Gasteiger partial charge in [0.15, 0.2) is 0 Å². The van der Waals surface area contributed by atoms with E-state index in [2.05, 4.69) is 5.32 Å². The van der Waals surface area contributed by atoms with E-state index in [9.17, 15) is 14.0 Å². The van der Waals surface area contributed by atoms with Crippen LogP contribution in [0.2, 0.25) is 5.02 Å². The maximum absolute atomic E-state index is 13.1. The average molecular weight is 299 g/mol. The number of halogens is 2. The third kappa shape index (κ3) is 2.50. The lowest BCUT2D eigenvalue weighted by Crippen LogP contribution is -2.64. The highest BCUT2D eigenvalue weighted by Crippen LogP contribution is 2.30. The van der Waals surface area contributed by atoms with Crippen LogP contribution in [0, 0.1) is 11.7 Å². The third-order valence-corrected chi connectivity index (χ3v) is 3.71. The molecule has 1 saturated heterocycles. The predicted octanol–water partition coefficient (Wildman–Crippen LogP) is 2.36. The molecule has 2 amide bonds. The molecule has 2 atom stereocenters. The summed E-state index contributed by atoms with van der Waals surface area (Å²) in [6.45, 7) is 5.32. The zero-order valence-corrected chi connectivity index (χ0v) is 12.2. The van der Waals surface area contributed by atoms with E-state index in [4.69, 9.17) is 11.6 Å². The summed E-state index contributed by atoms with van der Waals surface area (Å²) in [4.78, 5) is 25.9. The van der Waals surface area contributed by atoms with Crippen molar-refractivity contribution in [1.29, 1.82) is 0 Å². The fraction of sp³-hybridized carbons (Fsp3) is 0.429. The molecule has 1 aliphatic rings. The molecule has 2 unspecified atom stereocenters. The van der Waals surface area contributed by atoms with Gasteiger partial charge >= 0.3 is 0 Å². The van der Waals surface area contributed by atoms with Crippen molar-refractivity contribution >= 4 is 29.1 Å². The fourth-order valence-corrected chi connectivity index (χ4v) is 2.51. The monoisotopic (exact) mass is 298 g/mol. The Morgan fingerprint density at radius 3 is 2.55 bits per heavy atom. The smallest absolute Gasteiger partial charge is 0.250 e. The van der Waals surface area contributed by atoms with Crippen molar-refractivity contribution in [3.8, 4) is 0 Å². The van der Waals surface area contributed by atoms with E-state index in [1.807, 2.05) is 13.8 Å². The lowest BCUT2D eigenvalue weighted by Gasteiger charge is -2.39. The van der Waals surface area contributed by atoms with Crippen molar-refractivity contribution in [2.24, 2.45) is 5.92 Å². The Kier molecular flexibility index (Phi) is 3.99. The van der Waals surface area contributed by atoms with E-state index in [1.54, 1.807) is 6.92 Å². The second-order valence-corrected chi connectivity index (χ2v) is 5.62. The van der Waals surface area contributed by atoms with Crippen LogP contribution in [0.3, 0.4) is 0 Å². The summed E-state index contributed by atoms with van der Waals surface area (Å²) in [6, 6.07) is 2.49. The Morgan fingerprint density at radius 1 is 1.35 bits per heavy atom. The highest BCUT2D eigenvalue weighted by Gasteiger charge is 2.40. The molecule has 2 rings (SSSR count). The lowest BCUT2D eigenvalue weighted by atomic mass is 9.98. The molecule has 0 radical (unpaired) electrons. The van der Waals surface area contributed by atoms with Gasteiger partial charge in [0.1, 0.15) is 17.9 Å². The second-order valence-electron chi connectivity index (χ2n) is 5.21. The second kappa shape index (κ2) is 5.40. The number of benzene rings is 1. The number of carbonyl (C=O) groups is 2. The standard InChI is InChI=1S/C14H16ClFN2O2/c1-7(2)12-14(20)18(8(3)13(19)17-12)11-5-4-9(16)6-10(11)15/h4-8,12H,1-3H3,(H,17,19). The molecule has 0 saturated carbocycles. The van der Waals surface area contributed by atoms with E-state index >= 15 is 0 Å². The van der Waals surface area contributed by atoms with Crippen LogP contribution in [-0.2, 0) is 9.59 Å². The first-order chi connectivity index (χ1) is 9.32. The topological polar surface area (TPSA) is 49.4 Å². The molecule has 0 bridgehead atoms. The zero-order chi connectivity index (χ0) is 15.0. The van der Waals surface area contributed by atoms with Crippen LogP contribution in [-0.4, -0.2) is 23.9 Å². The van der Waals surface area contributed by atoms with E-state index in [-0.39, 0.29) is 22.8 Å². The molecule has 1 heterocycles. The van der Waals surface area contributed by atoms with Gasteiger partial charge in [-0.15, -0.1) is 0 Å². The highest BCUT2D eigenvalue weighted by molar-refractivity contribution is 6.34. The van der Waals surface area contributed by atoms with Crippen molar-refractivity contribution in [1.82, 2.24) is 5.32 Å². The van der Waals surface area contributed by atoms with Crippen molar-refractivity contribution in [3.05, 3.63) is 29.0 Å². The van der Waals surface area contributed by atoms with Crippen LogP contribution in [0.4, 0.5) is 10.1 Å². The van der Waals surface area contributed by atoms with Crippen LogP contribution in [0.15, 0.2) is 18.2 Å². The lowest BCUT2D eigenvalue weighted by molar-refractivity contribution is -0.134. The number of hydrogen-bond donors (Lipinski definition) is 1. The molecule has 0 spiro atoms. The summed E-state index contributed by atoms with van der Waals surface area (Å²) in [5, 5.41) is 2.81. The number of amides is 2. The number of anilines is 1. The van der Waals surface area contributed by atoms with Gasteiger partial charge in [0.05, 0.1) is 10.7 Å². The van der Waals surface area contributed by atoms with Gasteiger partial charge in [0, 0.05) is 0 Å². The van der Waals surface area contributed by atoms with E-state index in [1.165, 1.54) is 17.0 Å². The minimum Gasteiger partial charge on any atom is -0.342 e. The first-order valence-electron chi connectivity index (χ1n) is 6.41. The van der Waals surface area contributed by atoms with Crippen molar-refractivity contribution < 1.29 is 14.0 Å². The maximum atomic E-state index is 13.1. The molecule has 1 aromatic rings. The number of nitrogens with one attached hydrogen (secondary N) is 1. The zero-order valence-electron chi connectivity index (χ0n) is 11.5. The molecule has 1 aliphatic heterocycles. The third-order valence-electron chi connectivity index (χ3n) is 3.40. The van der Waals surface area contributed by atoms with Gasteiger partial charge in [-0.3, -0.25) is 14.5 Å². The average Bonchev–Trinajstić information content (AvgIpc) is 2.36. The van der Waals surface area contributed by atoms with Gasteiger partial charge in [-0.2, -0.15) is 0 Å². The molecule has 1 N–H and O–H groups in total. The Morgan fingerprint density at radius 2 is 2.00 bits per heavy atom. The summed E-state index contributed by atoms with van der Waals surface area (Å²) < 4.78 is 13.1. The first kappa shape index (κ1) is 14.8.